The number of esters is 1. The number of nitrogens with zero attached hydrogens (tertiary/aromatic N) is 1. The van der Waals surface area contributed by atoms with Crippen LogP contribution in [0, 0.1) is 0 Å². The lowest BCUT2D eigenvalue weighted by Crippen LogP contribution is -2.26. The zero-order valence-electron chi connectivity index (χ0n) is 12.5. The molecule has 2 rings (SSSR count). The number of nitrogen functional groups attached to an aromatic ring is 1. The molecule has 0 fully saturated rings. The number of hydrogen-bond donors (Lipinski definition) is 2. The third kappa shape index (κ3) is 4.18. The van der Waals surface area contributed by atoms with Gasteiger partial charge in [-0.1, -0.05) is 18.2 Å². The van der Waals surface area contributed by atoms with Gasteiger partial charge in [-0.3, -0.25) is 14.6 Å². The van der Waals surface area contributed by atoms with Gasteiger partial charge in [0.2, 0.25) is 5.91 Å². The molecule has 1 aromatic heterocycles. The summed E-state index contributed by atoms with van der Waals surface area (Å²) in [5.74, 6) is -0.410. The Morgan fingerprint density at radius 2 is 2.09 bits per heavy atom. The zero-order valence-corrected chi connectivity index (χ0v) is 12.5. The number of fused-ring (bicyclic) bond motifs is 1. The summed E-state index contributed by atoms with van der Waals surface area (Å²) in [6, 6.07) is 9.29. The van der Waals surface area contributed by atoms with Gasteiger partial charge in [-0.25, -0.2) is 0 Å². The minimum Gasteiger partial charge on any atom is -0.469 e. The third-order valence-electron chi connectivity index (χ3n) is 3.26. The van der Waals surface area contributed by atoms with E-state index in [4.69, 9.17) is 5.73 Å². The van der Waals surface area contributed by atoms with Gasteiger partial charge >= 0.3 is 5.97 Å². The summed E-state index contributed by atoms with van der Waals surface area (Å²) in [5.41, 5.74) is 7.85. The average Bonchev–Trinajstić information content (AvgIpc) is 2.52. The Morgan fingerprint density at radius 3 is 2.86 bits per heavy atom. The van der Waals surface area contributed by atoms with Gasteiger partial charge < -0.3 is 15.8 Å². The summed E-state index contributed by atoms with van der Waals surface area (Å²) in [7, 11) is 1.35. The number of methoxy groups -OCH3 is 1. The molecule has 0 unspecified atom stereocenters. The standard InChI is InChI=1S/C16H19N3O3/c1-22-15(21)6-3-9-18-14(20)10-12-8-7-11-4-2-5-13(17)16(11)19-12/h2,4-5,7-8H,3,6,9-10,17H2,1H3,(H,18,20). The van der Waals surface area contributed by atoms with Crippen LogP contribution < -0.4 is 11.1 Å². The van der Waals surface area contributed by atoms with Gasteiger partial charge in [-0.2, -0.15) is 0 Å². The van der Waals surface area contributed by atoms with E-state index in [1.54, 1.807) is 6.07 Å². The molecule has 0 aliphatic heterocycles. The molecule has 0 atom stereocenters. The maximum absolute atomic E-state index is 11.8. The van der Waals surface area contributed by atoms with Crippen molar-refractivity contribution in [3.05, 3.63) is 36.0 Å². The first-order valence-corrected chi connectivity index (χ1v) is 7.08. The molecule has 0 radical (unpaired) electrons. The largest absolute Gasteiger partial charge is 0.469 e. The fourth-order valence-corrected chi connectivity index (χ4v) is 2.10. The number of para-hydroxylation sites is 1. The van der Waals surface area contributed by atoms with Crippen molar-refractivity contribution in [3.8, 4) is 0 Å². The first-order chi connectivity index (χ1) is 10.6. The molecule has 2 aromatic rings. The highest BCUT2D eigenvalue weighted by atomic mass is 16.5. The molecule has 1 heterocycles. The Bertz CT molecular complexity index is 685. The molecule has 1 aromatic carbocycles. The second-order valence-corrected chi connectivity index (χ2v) is 4.93. The van der Waals surface area contributed by atoms with Crippen LogP contribution in [0.4, 0.5) is 5.69 Å². The maximum Gasteiger partial charge on any atom is 0.305 e. The second kappa shape index (κ2) is 7.40. The van der Waals surface area contributed by atoms with Crippen molar-refractivity contribution in [2.75, 3.05) is 19.4 Å². The molecule has 0 aliphatic rings. The minimum atomic E-state index is -0.277. The quantitative estimate of drug-likeness (QED) is 0.478. The van der Waals surface area contributed by atoms with Crippen LogP contribution in [-0.2, 0) is 20.7 Å². The van der Waals surface area contributed by atoms with Gasteiger partial charge in [-0.15, -0.1) is 0 Å². The number of ether oxygens (including phenoxy) is 1. The van der Waals surface area contributed by atoms with Crippen LogP contribution in [0.3, 0.4) is 0 Å². The SMILES string of the molecule is COC(=O)CCCNC(=O)Cc1ccc2cccc(N)c2n1. The number of aromatic nitrogens is 1. The Balaban J connectivity index is 1.89. The van der Waals surface area contributed by atoms with E-state index in [1.807, 2.05) is 24.3 Å². The summed E-state index contributed by atoms with van der Waals surface area (Å²) in [6.07, 6.45) is 1.03. The van der Waals surface area contributed by atoms with Crippen molar-refractivity contribution in [2.24, 2.45) is 0 Å². The lowest BCUT2D eigenvalue weighted by atomic mass is 10.1. The molecular weight excluding hydrogens is 282 g/mol. The molecule has 116 valence electrons. The molecule has 0 spiro atoms. The molecule has 1 amide bonds. The molecule has 3 N–H and O–H groups in total. The van der Waals surface area contributed by atoms with Crippen molar-refractivity contribution in [3.63, 3.8) is 0 Å². The monoisotopic (exact) mass is 301 g/mol. The minimum absolute atomic E-state index is 0.133. The average molecular weight is 301 g/mol. The number of carbonyl (C=O) groups excluding carboxylic acids is 2. The van der Waals surface area contributed by atoms with Crippen LogP contribution in [-0.4, -0.2) is 30.5 Å². The normalized spacial score (nSPS) is 10.4. The van der Waals surface area contributed by atoms with Crippen LogP contribution in [0.2, 0.25) is 0 Å². The van der Waals surface area contributed by atoms with Gasteiger partial charge in [0.15, 0.2) is 0 Å². The zero-order chi connectivity index (χ0) is 15.9. The molecule has 0 saturated carbocycles. The highest BCUT2D eigenvalue weighted by molar-refractivity contribution is 5.89. The number of carbonyl (C=O) groups is 2. The van der Waals surface area contributed by atoms with Crippen molar-refractivity contribution in [1.29, 1.82) is 0 Å². The van der Waals surface area contributed by atoms with E-state index in [-0.39, 0.29) is 18.3 Å². The van der Waals surface area contributed by atoms with Gasteiger partial charge in [0, 0.05) is 18.4 Å². The Labute approximate surface area is 128 Å². The van der Waals surface area contributed by atoms with Crippen LogP contribution in [0.15, 0.2) is 30.3 Å². The van der Waals surface area contributed by atoms with Crippen LogP contribution >= 0.6 is 0 Å². The molecule has 0 aliphatic carbocycles. The van der Waals surface area contributed by atoms with Crippen LogP contribution in [0.1, 0.15) is 18.5 Å². The fraction of sp³-hybridized carbons (Fsp3) is 0.312. The second-order valence-electron chi connectivity index (χ2n) is 4.93. The third-order valence-corrected chi connectivity index (χ3v) is 3.26. The number of pyridine rings is 1. The maximum atomic E-state index is 11.8. The number of rotatable bonds is 6. The van der Waals surface area contributed by atoms with E-state index in [2.05, 4.69) is 15.0 Å². The van der Waals surface area contributed by atoms with E-state index in [0.29, 0.717) is 36.3 Å². The van der Waals surface area contributed by atoms with Gasteiger partial charge in [0.25, 0.3) is 0 Å². The van der Waals surface area contributed by atoms with E-state index >= 15 is 0 Å². The van der Waals surface area contributed by atoms with Crippen molar-refractivity contribution in [1.82, 2.24) is 10.3 Å². The highest BCUT2D eigenvalue weighted by Crippen LogP contribution is 2.18. The van der Waals surface area contributed by atoms with Gasteiger partial charge in [-0.05, 0) is 18.6 Å². The van der Waals surface area contributed by atoms with Crippen LogP contribution in [0.5, 0.6) is 0 Å². The van der Waals surface area contributed by atoms with Gasteiger partial charge in [0.1, 0.15) is 0 Å². The van der Waals surface area contributed by atoms with E-state index in [0.717, 1.165) is 5.39 Å². The first kappa shape index (κ1) is 15.8. The number of anilines is 1. The van der Waals surface area contributed by atoms with Crippen LogP contribution in [0.25, 0.3) is 10.9 Å². The number of amides is 1. The Morgan fingerprint density at radius 1 is 1.27 bits per heavy atom. The summed E-state index contributed by atoms with van der Waals surface area (Å²) in [6.45, 7) is 0.434. The van der Waals surface area contributed by atoms with E-state index in [1.165, 1.54) is 7.11 Å². The summed E-state index contributed by atoms with van der Waals surface area (Å²) >= 11 is 0. The van der Waals surface area contributed by atoms with Gasteiger partial charge in [0.05, 0.1) is 30.4 Å². The smallest absolute Gasteiger partial charge is 0.305 e. The number of benzene rings is 1. The molecule has 22 heavy (non-hydrogen) atoms. The van der Waals surface area contributed by atoms with Crippen molar-refractivity contribution >= 4 is 28.5 Å². The molecular formula is C16H19N3O3. The Kier molecular flexibility index (Phi) is 5.30. The molecule has 6 nitrogen and oxygen atoms in total. The fourth-order valence-electron chi connectivity index (χ4n) is 2.10. The summed E-state index contributed by atoms with van der Waals surface area (Å²) in [4.78, 5) is 27.2. The number of nitrogens with one attached hydrogen (secondary N) is 1. The number of nitrogens with two attached hydrogens (primary N) is 1. The predicted octanol–water partition coefficient (Wildman–Crippen LogP) is 1.43. The predicted molar refractivity (Wildman–Crippen MR) is 84.1 cm³/mol. The topological polar surface area (TPSA) is 94.3 Å². The summed E-state index contributed by atoms with van der Waals surface area (Å²) in [5, 5.41) is 3.70. The Hall–Kier alpha value is -2.63. The van der Waals surface area contributed by atoms with E-state index in [9.17, 15) is 9.59 Å². The van der Waals surface area contributed by atoms with Crippen molar-refractivity contribution < 1.29 is 14.3 Å². The number of hydrogen-bond acceptors (Lipinski definition) is 5. The first-order valence-electron chi connectivity index (χ1n) is 7.08. The molecule has 6 heteroatoms. The lowest BCUT2D eigenvalue weighted by molar-refractivity contribution is -0.140. The van der Waals surface area contributed by atoms with E-state index < -0.39 is 0 Å². The summed E-state index contributed by atoms with van der Waals surface area (Å²) < 4.78 is 4.53. The van der Waals surface area contributed by atoms with Crippen molar-refractivity contribution in [2.45, 2.75) is 19.3 Å². The molecule has 0 saturated heterocycles. The highest BCUT2D eigenvalue weighted by Gasteiger charge is 2.07. The lowest BCUT2D eigenvalue weighted by Gasteiger charge is -2.06. The molecule has 0 bridgehead atoms.